The molecule has 0 aliphatic rings. The summed E-state index contributed by atoms with van der Waals surface area (Å²) < 4.78 is 0. The third-order valence-corrected chi connectivity index (χ3v) is 2.92. The largest absolute Gasteiger partial charge is 0.504 e. The summed E-state index contributed by atoms with van der Waals surface area (Å²) in [5, 5.41) is 18.7. The van der Waals surface area contributed by atoms with Crippen molar-refractivity contribution in [2.75, 3.05) is 19.6 Å². The number of benzene rings is 1. The van der Waals surface area contributed by atoms with E-state index in [0.29, 0.717) is 5.92 Å². The van der Waals surface area contributed by atoms with Crippen LogP contribution in [0.1, 0.15) is 32.8 Å². The second-order valence-corrected chi connectivity index (χ2v) is 5.27. The van der Waals surface area contributed by atoms with Crippen LogP contribution < -0.4 is 0 Å². The quantitative estimate of drug-likeness (QED) is 0.732. The average Bonchev–Trinajstić information content (AvgIpc) is 2.30. The van der Waals surface area contributed by atoms with Crippen molar-refractivity contribution < 1.29 is 10.2 Å². The third kappa shape index (κ3) is 4.96. The van der Waals surface area contributed by atoms with E-state index in [2.05, 4.69) is 25.7 Å². The van der Waals surface area contributed by atoms with Gasteiger partial charge < -0.3 is 15.1 Å². The predicted octanol–water partition coefficient (Wildman–Crippen LogP) is 3.01. The molecule has 3 nitrogen and oxygen atoms in total. The Morgan fingerprint density at radius 2 is 1.83 bits per heavy atom. The monoisotopic (exact) mass is 251 g/mol. The zero-order valence-corrected chi connectivity index (χ0v) is 11.7. The molecule has 0 saturated carbocycles. The van der Waals surface area contributed by atoms with Crippen LogP contribution >= 0.6 is 0 Å². The van der Waals surface area contributed by atoms with Crippen molar-refractivity contribution in [3.8, 4) is 11.5 Å². The molecule has 1 aromatic rings. The lowest BCUT2D eigenvalue weighted by molar-refractivity contribution is 0.247. The van der Waals surface area contributed by atoms with Crippen molar-refractivity contribution in [2.24, 2.45) is 5.92 Å². The van der Waals surface area contributed by atoms with E-state index >= 15 is 0 Å². The van der Waals surface area contributed by atoms with Gasteiger partial charge in [0, 0.05) is 13.1 Å². The molecule has 0 aliphatic carbocycles. The minimum absolute atomic E-state index is 0.0293. The lowest BCUT2D eigenvalue weighted by Gasteiger charge is -2.23. The van der Waals surface area contributed by atoms with Crippen LogP contribution in [0, 0.1) is 5.92 Å². The third-order valence-electron chi connectivity index (χ3n) is 2.92. The van der Waals surface area contributed by atoms with Crippen LogP contribution in [0.15, 0.2) is 18.2 Å². The van der Waals surface area contributed by atoms with Gasteiger partial charge in [-0.05, 0) is 43.0 Å². The van der Waals surface area contributed by atoms with E-state index < -0.39 is 0 Å². The minimum atomic E-state index is -0.0497. The molecule has 0 heterocycles. The van der Waals surface area contributed by atoms with Gasteiger partial charge in [-0.3, -0.25) is 0 Å². The molecule has 0 radical (unpaired) electrons. The standard InChI is InChI=1S/C15H25NO2/c1-4-8-16(11-12(2)3)9-7-13-5-6-14(17)15(18)10-13/h5-6,10,12,17-18H,4,7-9,11H2,1-3H3. The summed E-state index contributed by atoms with van der Waals surface area (Å²) in [6.07, 6.45) is 2.06. The number of phenols is 2. The van der Waals surface area contributed by atoms with Gasteiger partial charge in [-0.2, -0.15) is 0 Å². The Hall–Kier alpha value is -1.22. The normalized spacial score (nSPS) is 11.4. The van der Waals surface area contributed by atoms with E-state index in [9.17, 15) is 10.2 Å². The molecule has 0 aromatic heterocycles. The summed E-state index contributed by atoms with van der Waals surface area (Å²) in [7, 11) is 0. The number of aromatic hydroxyl groups is 2. The van der Waals surface area contributed by atoms with E-state index in [0.717, 1.165) is 38.0 Å². The van der Waals surface area contributed by atoms with Crippen molar-refractivity contribution in [1.29, 1.82) is 0 Å². The van der Waals surface area contributed by atoms with Crippen LogP contribution in [0.25, 0.3) is 0 Å². The summed E-state index contributed by atoms with van der Waals surface area (Å²) in [5.74, 6) is 0.592. The Balaban J connectivity index is 2.52. The lowest BCUT2D eigenvalue weighted by Crippen LogP contribution is -2.30. The van der Waals surface area contributed by atoms with Crippen LogP contribution in [-0.2, 0) is 6.42 Å². The second kappa shape index (κ2) is 7.27. The molecule has 0 bridgehead atoms. The van der Waals surface area contributed by atoms with Crippen molar-refractivity contribution in [3.63, 3.8) is 0 Å². The van der Waals surface area contributed by atoms with Crippen LogP contribution in [0.5, 0.6) is 11.5 Å². The summed E-state index contributed by atoms with van der Waals surface area (Å²) >= 11 is 0. The maximum Gasteiger partial charge on any atom is 0.157 e. The van der Waals surface area contributed by atoms with Crippen LogP contribution in [0.2, 0.25) is 0 Å². The van der Waals surface area contributed by atoms with Crippen molar-refractivity contribution in [2.45, 2.75) is 33.6 Å². The first-order chi connectivity index (χ1) is 8.52. The van der Waals surface area contributed by atoms with Gasteiger partial charge in [0.15, 0.2) is 11.5 Å². The summed E-state index contributed by atoms with van der Waals surface area (Å²) in [4.78, 5) is 2.45. The smallest absolute Gasteiger partial charge is 0.157 e. The molecular formula is C15H25NO2. The Bertz CT molecular complexity index is 364. The van der Waals surface area contributed by atoms with E-state index in [1.165, 1.54) is 0 Å². The highest BCUT2D eigenvalue weighted by Crippen LogP contribution is 2.25. The van der Waals surface area contributed by atoms with Gasteiger partial charge in [-0.25, -0.2) is 0 Å². The first kappa shape index (κ1) is 14.8. The molecular weight excluding hydrogens is 226 g/mol. The molecule has 0 unspecified atom stereocenters. The average molecular weight is 251 g/mol. The van der Waals surface area contributed by atoms with Crippen LogP contribution in [0.4, 0.5) is 0 Å². The van der Waals surface area contributed by atoms with Gasteiger partial charge in [0.1, 0.15) is 0 Å². The number of phenolic OH excluding ortho intramolecular Hbond substituents is 2. The Kier molecular flexibility index (Phi) is 5.99. The fourth-order valence-corrected chi connectivity index (χ4v) is 2.14. The van der Waals surface area contributed by atoms with E-state index in [1.807, 2.05) is 6.07 Å². The van der Waals surface area contributed by atoms with Gasteiger partial charge >= 0.3 is 0 Å². The fraction of sp³-hybridized carbons (Fsp3) is 0.600. The number of hydrogen-bond acceptors (Lipinski definition) is 3. The van der Waals surface area contributed by atoms with E-state index in [-0.39, 0.29) is 11.5 Å². The zero-order chi connectivity index (χ0) is 13.5. The molecule has 0 aliphatic heterocycles. The van der Waals surface area contributed by atoms with Crippen molar-refractivity contribution >= 4 is 0 Å². The lowest BCUT2D eigenvalue weighted by atomic mass is 10.1. The maximum atomic E-state index is 9.45. The van der Waals surface area contributed by atoms with Gasteiger partial charge in [0.05, 0.1) is 0 Å². The SMILES string of the molecule is CCCN(CCc1ccc(O)c(O)c1)CC(C)C. The van der Waals surface area contributed by atoms with Crippen LogP contribution in [0.3, 0.4) is 0 Å². The molecule has 0 fully saturated rings. The molecule has 0 amide bonds. The summed E-state index contributed by atoms with van der Waals surface area (Å²) in [5.41, 5.74) is 1.06. The minimum Gasteiger partial charge on any atom is -0.504 e. The topological polar surface area (TPSA) is 43.7 Å². The van der Waals surface area contributed by atoms with Crippen LogP contribution in [-0.4, -0.2) is 34.7 Å². The van der Waals surface area contributed by atoms with Crippen molar-refractivity contribution in [3.05, 3.63) is 23.8 Å². The summed E-state index contributed by atoms with van der Waals surface area (Å²) in [6.45, 7) is 9.88. The molecule has 0 saturated heterocycles. The molecule has 0 spiro atoms. The number of rotatable bonds is 7. The van der Waals surface area contributed by atoms with Gasteiger partial charge in [-0.15, -0.1) is 0 Å². The first-order valence-electron chi connectivity index (χ1n) is 6.76. The molecule has 102 valence electrons. The molecule has 3 heteroatoms. The fourth-order valence-electron chi connectivity index (χ4n) is 2.14. The van der Waals surface area contributed by atoms with Gasteiger partial charge in [-0.1, -0.05) is 26.8 Å². The molecule has 1 rings (SSSR count). The van der Waals surface area contributed by atoms with E-state index in [1.54, 1.807) is 12.1 Å². The number of nitrogens with zero attached hydrogens (tertiary/aromatic N) is 1. The summed E-state index contributed by atoms with van der Waals surface area (Å²) in [6, 6.07) is 5.07. The van der Waals surface area contributed by atoms with Gasteiger partial charge in [0.25, 0.3) is 0 Å². The van der Waals surface area contributed by atoms with E-state index in [4.69, 9.17) is 0 Å². The Labute approximate surface area is 110 Å². The highest BCUT2D eigenvalue weighted by molar-refractivity contribution is 5.40. The zero-order valence-electron chi connectivity index (χ0n) is 11.7. The first-order valence-corrected chi connectivity index (χ1v) is 6.76. The van der Waals surface area contributed by atoms with Gasteiger partial charge in [0.2, 0.25) is 0 Å². The second-order valence-electron chi connectivity index (χ2n) is 5.27. The highest BCUT2D eigenvalue weighted by Gasteiger charge is 2.07. The Morgan fingerprint density at radius 1 is 1.11 bits per heavy atom. The molecule has 18 heavy (non-hydrogen) atoms. The number of hydrogen-bond donors (Lipinski definition) is 2. The maximum absolute atomic E-state index is 9.45. The molecule has 0 atom stereocenters. The molecule has 2 N–H and O–H groups in total. The highest BCUT2D eigenvalue weighted by atomic mass is 16.3. The van der Waals surface area contributed by atoms with Crippen molar-refractivity contribution in [1.82, 2.24) is 4.90 Å². The molecule has 1 aromatic carbocycles. The Morgan fingerprint density at radius 3 is 2.39 bits per heavy atom. The predicted molar refractivity (Wildman–Crippen MR) is 75.0 cm³/mol.